The zero-order valence-electron chi connectivity index (χ0n) is 7.73. The van der Waals surface area contributed by atoms with Crippen molar-refractivity contribution in [2.24, 2.45) is 0 Å². The first-order chi connectivity index (χ1) is 6.61. The Morgan fingerprint density at radius 2 is 2.00 bits per heavy atom. The summed E-state index contributed by atoms with van der Waals surface area (Å²) in [5, 5.41) is 18.0. The number of aliphatic carboxylic acids is 1. The number of benzene rings is 1. The molecule has 0 amide bonds. The molecule has 14 heavy (non-hydrogen) atoms. The lowest BCUT2D eigenvalue weighted by atomic mass is 10.1. The molecule has 0 aliphatic heterocycles. The second kappa shape index (κ2) is 4.46. The third-order valence-electron chi connectivity index (χ3n) is 1.99. The first-order valence-corrected chi connectivity index (χ1v) is 4.29. The van der Waals surface area contributed by atoms with E-state index in [4.69, 9.17) is 5.11 Å². The van der Waals surface area contributed by atoms with Crippen LogP contribution in [0.1, 0.15) is 12.0 Å². The Morgan fingerprint density at radius 1 is 1.36 bits per heavy atom. The smallest absolute Gasteiger partial charge is 0.330 e. The maximum Gasteiger partial charge on any atom is 0.330 e. The van der Waals surface area contributed by atoms with Crippen LogP contribution in [0.5, 0.6) is 5.75 Å². The van der Waals surface area contributed by atoms with E-state index >= 15 is 0 Å². The molecule has 3 heteroatoms. The van der Waals surface area contributed by atoms with Gasteiger partial charge >= 0.3 is 5.97 Å². The summed E-state index contributed by atoms with van der Waals surface area (Å²) in [6, 6.07) is 6.88. The molecule has 0 heterocycles. The van der Waals surface area contributed by atoms with E-state index in [9.17, 15) is 9.90 Å². The summed E-state index contributed by atoms with van der Waals surface area (Å²) in [5.74, 6) is -0.786. The van der Waals surface area contributed by atoms with Crippen LogP contribution >= 0.6 is 0 Å². The molecule has 3 nitrogen and oxygen atoms in total. The summed E-state index contributed by atoms with van der Waals surface area (Å²) in [6.07, 6.45) is 0.852. The Bertz CT molecular complexity index is 355. The average molecular weight is 192 g/mol. The van der Waals surface area contributed by atoms with E-state index in [1.807, 2.05) is 0 Å². The average Bonchev–Trinajstić information content (AvgIpc) is 2.16. The summed E-state index contributed by atoms with van der Waals surface area (Å²) in [7, 11) is 0. The van der Waals surface area contributed by atoms with Crippen molar-refractivity contribution in [1.82, 2.24) is 0 Å². The molecule has 0 saturated carbocycles. The van der Waals surface area contributed by atoms with E-state index in [1.54, 1.807) is 24.3 Å². The minimum atomic E-state index is -0.986. The minimum Gasteiger partial charge on any atom is -0.508 e. The topological polar surface area (TPSA) is 57.5 Å². The lowest BCUT2D eigenvalue weighted by Gasteiger charge is -2.03. The Morgan fingerprint density at radius 3 is 2.57 bits per heavy atom. The van der Waals surface area contributed by atoms with Gasteiger partial charge in [0.1, 0.15) is 5.75 Å². The Labute approximate surface area is 82.3 Å². The maximum absolute atomic E-state index is 10.4. The van der Waals surface area contributed by atoms with Crippen LogP contribution in [0.3, 0.4) is 0 Å². The summed E-state index contributed by atoms with van der Waals surface area (Å²) >= 11 is 0. The van der Waals surface area contributed by atoms with Gasteiger partial charge in [0.25, 0.3) is 0 Å². The SMILES string of the molecule is C=C(CCc1ccccc1O)C(=O)O. The first-order valence-electron chi connectivity index (χ1n) is 4.29. The number of hydrogen-bond acceptors (Lipinski definition) is 2. The molecular formula is C11H12O3. The van der Waals surface area contributed by atoms with Crippen molar-refractivity contribution in [2.75, 3.05) is 0 Å². The highest BCUT2D eigenvalue weighted by atomic mass is 16.4. The van der Waals surface area contributed by atoms with E-state index < -0.39 is 5.97 Å². The molecule has 1 aromatic carbocycles. The zero-order chi connectivity index (χ0) is 10.6. The Kier molecular flexibility index (Phi) is 3.29. The van der Waals surface area contributed by atoms with Crippen molar-refractivity contribution >= 4 is 5.97 Å². The predicted octanol–water partition coefficient (Wildman–Crippen LogP) is 1.97. The van der Waals surface area contributed by atoms with E-state index in [-0.39, 0.29) is 11.3 Å². The molecular weight excluding hydrogens is 180 g/mol. The van der Waals surface area contributed by atoms with Crippen molar-refractivity contribution in [1.29, 1.82) is 0 Å². The number of carboxylic acids is 1. The summed E-state index contributed by atoms with van der Waals surface area (Å²) in [4.78, 5) is 10.4. The predicted molar refractivity (Wildman–Crippen MR) is 53.2 cm³/mol. The number of rotatable bonds is 4. The van der Waals surface area contributed by atoms with Crippen LogP contribution in [-0.4, -0.2) is 16.2 Å². The monoisotopic (exact) mass is 192 g/mol. The van der Waals surface area contributed by atoms with E-state index in [0.717, 1.165) is 5.56 Å². The molecule has 1 rings (SSSR count). The lowest BCUT2D eigenvalue weighted by molar-refractivity contribution is -0.132. The molecule has 0 radical (unpaired) electrons. The van der Waals surface area contributed by atoms with Crippen molar-refractivity contribution < 1.29 is 15.0 Å². The summed E-state index contributed by atoms with van der Waals surface area (Å²) in [5.41, 5.74) is 0.906. The van der Waals surface area contributed by atoms with Crippen LogP contribution < -0.4 is 0 Å². The van der Waals surface area contributed by atoms with E-state index in [2.05, 4.69) is 6.58 Å². The van der Waals surface area contributed by atoms with Gasteiger partial charge in [0.2, 0.25) is 0 Å². The highest BCUT2D eigenvalue weighted by Gasteiger charge is 2.05. The molecule has 0 saturated heterocycles. The van der Waals surface area contributed by atoms with Gasteiger partial charge in [-0.05, 0) is 24.5 Å². The fourth-order valence-electron chi connectivity index (χ4n) is 1.11. The molecule has 74 valence electrons. The molecule has 0 aliphatic rings. The molecule has 0 atom stereocenters. The number of aromatic hydroxyl groups is 1. The van der Waals surface area contributed by atoms with Gasteiger partial charge in [0.15, 0.2) is 0 Å². The third-order valence-corrected chi connectivity index (χ3v) is 1.99. The van der Waals surface area contributed by atoms with Gasteiger partial charge in [0, 0.05) is 5.57 Å². The highest BCUT2D eigenvalue weighted by molar-refractivity contribution is 5.85. The normalized spacial score (nSPS) is 9.71. The zero-order valence-corrected chi connectivity index (χ0v) is 7.73. The van der Waals surface area contributed by atoms with Gasteiger partial charge in [-0.2, -0.15) is 0 Å². The highest BCUT2D eigenvalue weighted by Crippen LogP contribution is 2.18. The number of carbonyl (C=O) groups is 1. The minimum absolute atomic E-state index is 0.160. The summed E-state index contributed by atoms with van der Waals surface area (Å²) in [6.45, 7) is 3.42. The van der Waals surface area contributed by atoms with Crippen LogP contribution in [0, 0.1) is 0 Å². The number of phenols is 1. The van der Waals surface area contributed by atoms with Crippen LogP contribution in [-0.2, 0) is 11.2 Å². The van der Waals surface area contributed by atoms with E-state index in [0.29, 0.717) is 12.8 Å². The molecule has 2 N–H and O–H groups in total. The number of aryl methyl sites for hydroxylation is 1. The lowest BCUT2D eigenvalue weighted by Crippen LogP contribution is -2.00. The van der Waals surface area contributed by atoms with Crippen molar-refractivity contribution in [3.05, 3.63) is 42.0 Å². The molecule has 0 unspecified atom stereocenters. The maximum atomic E-state index is 10.4. The van der Waals surface area contributed by atoms with Gasteiger partial charge in [-0.25, -0.2) is 4.79 Å². The van der Waals surface area contributed by atoms with Crippen LogP contribution in [0.2, 0.25) is 0 Å². The third kappa shape index (κ3) is 2.62. The van der Waals surface area contributed by atoms with Gasteiger partial charge in [-0.3, -0.25) is 0 Å². The van der Waals surface area contributed by atoms with Gasteiger partial charge in [-0.1, -0.05) is 24.8 Å². The molecule has 0 aromatic heterocycles. The number of carboxylic acid groups (broad SMARTS) is 1. The van der Waals surface area contributed by atoms with Crippen LogP contribution in [0.4, 0.5) is 0 Å². The Balaban J connectivity index is 2.58. The molecule has 0 aliphatic carbocycles. The first kappa shape index (κ1) is 10.3. The van der Waals surface area contributed by atoms with Crippen LogP contribution in [0.15, 0.2) is 36.4 Å². The van der Waals surface area contributed by atoms with Gasteiger partial charge in [0.05, 0.1) is 0 Å². The molecule has 0 bridgehead atoms. The molecule has 1 aromatic rings. The number of para-hydroxylation sites is 1. The van der Waals surface area contributed by atoms with Crippen molar-refractivity contribution in [3.63, 3.8) is 0 Å². The van der Waals surface area contributed by atoms with Crippen LogP contribution in [0.25, 0.3) is 0 Å². The van der Waals surface area contributed by atoms with E-state index in [1.165, 1.54) is 0 Å². The molecule has 0 spiro atoms. The number of phenolic OH excluding ortho intramolecular Hbond substituents is 1. The second-order valence-electron chi connectivity index (χ2n) is 3.04. The van der Waals surface area contributed by atoms with Gasteiger partial charge in [-0.15, -0.1) is 0 Å². The largest absolute Gasteiger partial charge is 0.508 e. The number of hydrogen-bond donors (Lipinski definition) is 2. The standard InChI is InChI=1S/C11H12O3/c1-8(11(13)14)6-7-9-4-2-3-5-10(9)12/h2-5,12H,1,6-7H2,(H,13,14). The Hall–Kier alpha value is -1.77. The molecule has 0 fully saturated rings. The quantitative estimate of drug-likeness (QED) is 0.717. The van der Waals surface area contributed by atoms with Crippen molar-refractivity contribution in [2.45, 2.75) is 12.8 Å². The van der Waals surface area contributed by atoms with Gasteiger partial charge < -0.3 is 10.2 Å². The summed E-state index contributed by atoms with van der Waals surface area (Å²) < 4.78 is 0. The fraction of sp³-hybridized carbons (Fsp3) is 0.182. The van der Waals surface area contributed by atoms with Crippen molar-refractivity contribution in [3.8, 4) is 5.75 Å². The fourth-order valence-corrected chi connectivity index (χ4v) is 1.11. The second-order valence-corrected chi connectivity index (χ2v) is 3.04.